The lowest BCUT2D eigenvalue weighted by atomic mass is 9.78. The second-order valence-corrected chi connectivity index (χ2v) is 8.30. The van der Waals surface area contributed by atoms with E-state index in [1.165, 1.54) is 6.07 Å². The molecule has 31 heavy (non-hydrogen) atoms. The standard InChI is InChI=1S/C23H25FN4O2.ClH/c1-13-11-25-8-7-15(13)17-9-20-21(10-18(17)16-5-3-4-6-19(16)24)30-12-22-26-27-23(29)14(2)28(20)22;/h3-6,9-10,13-15,25H,7-8,11-12H2,1-2H3,(H,27,29);1H/t13-,14+,15+;/m0./s1. The number of ether oxygens (including phenoxy) is 1. The third-order valence-electron chi connectivity index (χ3n) is 6.44. The molecule has 0 saturated carbocycles. The Kier molecular flexibility index (Phi) is 5.90. The van der Waals surface area contributed by atoms with E-state index >= 15 is 0 Å². The van der Waals surface area contributed by atoms with Gasteiger partial charge in [-0.1, -0.05) is 25.1 Å². The van der Waals surface area contributed by atoms with E-state index < -0.39 is 6.04 Å². The summed E-state index contributed by atoms with van der Waals surface area (Å²) in [6.45, 7) is 6.19. The first-order valence-corrected chi connectivity index (χ1v) is 10.5. The Morgan fingerprint density at radius 1 is 1.19 bits per heavy atom. The number of carbonyl (C=O) groups excluding carboxylic acids is 1. The molecule has 1 saturated heterocycles. The van der Waals surface area contributed by atoms with Gasteiger partial charge in [0, 0.05) is 5.56 Å². The molecule has 8 heteroatoms. The van der Waals surface area contributed by atoms with Crippen LogP contribution < -0.4 is 20.4 Å². The maximum Gasteiger partial charge on any atom is 0.262 e. The van der Waals surface area contributed by atoms with E-state index in [1.54, 1.807) is 6.07 Å². The van der Waals surface area contributed by atoms with Crippen LogP contribution >= 0.6 is 12.4 Å². The van der Waals surface area contributed by atoms with Crippen LogP contribution in [0, 0.1) is 11.7 Å². The molecule has 3 heterocycles. The lowest BCUT2D eigenvalue weighted by Crippen LogP contribution is -2.55. The molecule has 6 nitrogen and oxygen atoms in total. The van der Waals surface area contributed by atoms with Crippen LogP contribution in [0.2, 0.25) is 0 Å². The lowest BCUT2D eigenvalue weighted by Gasteiger charge is -2.39. The van der Waals surface area contributed by atoms with E-state index in [-0.39, 0.29) is 36.7 Å². The second-order valence-electron chi connectivity index (χ2n) is 8.30. The maximum atomic E-state index is 14.8. The highest BCUT2D eigenvalue weighted by Crippen LogP contribution is 2.45. The van der Waals surface area contributed by atoms with E-state index in [0.717, 1.165) is 36.3 Å². The largest absolute Gasteiger partial charge is 0.483 e. The minimum atomic E-state index is -0.391. The highest BCUT2D eigenvalue weighted by Gasteiger charge is 2.37. The number of anilines is 1. The van der Waals surface area contributed by atoms with Crippen LogP contribution in [-0.4, -0.2) is 37.5 Å². The highest BCUT2D eigenvalue weighted by atomic mass is 35.5. The summed E-state index contributed by atoms with van der Waals surface area (Å²) in [5, 5.41) is 7.63. The van der Waals surface area contributed by atoms with Crippen LogP contribution in [0.3, 0.4) is 0 Å². The number of amides is 1. The number of nitrogens with one attached hydrogen (secondary N) is 2. The number of hydrazone groups is 1. The molecule has 3 aliphatic heterocycles. The van der Waals surface area contributed by atoms with Gasteiger partial charge in [0.2, 0.25) is 0 Å². The summed E-state index contributed by atoms with van der Waals surface area (Å²) in [5.41, 5.74) is 5.92. The van der Waals surface area contributed by atoms with Gasteiger partial charge in [0.15, 0.2) is 5.84 Å². The summed E-state index contributed by atoms with van der Waals surface area (Å²) in [7, 11) is 0. The SMILES string of the molecule is C[C@@H]1C(=O)NN=C2COc3cc(-c4ccccc4F)c([C@@H]4CCNC[C@@H]4C)cc3N21.Cl. The molecule has 0 spiro atoms. The fourth-order valence-corrected chi connectivity index (χ4v) is 4.78. The average Bonchev–Trinajstić information content (AvgIpc) is 2.76. The van der Waals surface area contributed by atoms with E-state index in [1.807, 2.05) is 30.0 Å². The first-order chi connectivity index (χ1) is 14.5. The van der Waals surface area contributed by atoms with Gasteiger partial charge in [-0.05, 0) is 67.6 Å². The Labute approximate surface area is 187 Å². The maximum absolute atomic E-state index is 14.8. The highest BCUT2D eigenvalue weighted by molar-refractivity contribution is 6.09. The molecule has 0 aliphatic carbocycles. The summed E-state index contributed by atoms with van der Waals surface area (Å²) >= 11 is 0. The molecule has 3 atom stereocenters. The van der Waals surface area contributed by atoms with Crippen LogP contribution in [0.15, 0.2) is 41.5 Å². The quantitative estimate of drug-likeness (QED) is 0.742. The minimum Gasteiger partial charge on any atom is -0.483 e. The molecule has 1 fully saturated rings. The molecule has 2 N–H and O–H groups in total. The lowest BCUT2D eigenvalue weighted by molar-refractivity contribution is -0.122. The van der Waals surface area contributed by atoms with E-state index in [0.29, 0.717) is 23.1 Å². The van der Waals surface area contributed by atoms with Crippen LogP contribution in [0.5, 0.6) is 5.75 Å². The van der Waals surface area contributed by atoms with Crippen molar-refractivity contribution in [3.05, 3.63) is 47.8 Å². The normalized spacial score (nSPS) is 24.7. The van der Waals surface area contributed by atoms with Crippen molar-refractivity contribution in [2.24, 2.45) is 11.0 Å². The van der Waals surface area contributed by atoms with Crippen molar-refractivity contribution in [2.45, 2.75) is 32.2 Å². The zero-order valence-corrected chi connectivity index (χ0v) is 18.3. The molecule has 0 radical (unpaired) electrons. The Hall–Kier alpha value is -2.64. The number of carbonyl (C=O) groups is 1. The Morgan fingerprint density at radius 2 is 2.00 bits per heavy atom. The van der Waals surface area contributed by atoms with Crippen molar-refractivity contribution < 1.29 is 13.9 Å². The van der Waals surface area contributed by atoms with Gasteiger partial charge in [-0.3, -0.25) is 4.79 Å². The van der Waals surface area contributed by atoms with Crippen molar-refractivity contribution in [3.8, 4) is 16.9 Å². The first kappa shape index (κ1) is 21.6. The van der Waals surface area contributed by atoms with Crippen molar-refractivity contribution in [1.82, 2.24) is 10.7 Å². The number of hydrogen-bond acceptors (Lipinski definition) is 5. The van der Waals surface area contributed by atoms with Crippen molar-refractivity contribution in [1.29, 1.82) is 0 Å². The van der Waals surface area contributed by atoms with Crippen molar-refractivity contribution in [2.75, 3.05) is 24.6 Å². The molecule has 1 amide bonds. The molecule has 3 aliphatic rings. The third kappa shape index (κ3) is 3.66. The van der Waals surface area contributed by atoms with Crippen molar-refractivity contribution in [3.63, 3.8) is 0 Å². The molecule has 5 rings (SSSR count). The number of halogens is 2. The first-order valence-electron chi connectivity index (χ1n) is 10.5. The second kappa shape index (κ2) is 8.48. The van der Waals surface area contributed by atoms with Crippen molar-refractivity contribution >= 4 is 29.8 Å². The van der Waals surface area contributed by atoms with Gasteiger partial charge in [0.1, 0.15) is 24.2 Å². The van der Waals surface area contributed by atoms with E-state index in [9.17, 15) is 9.18 Å². The van der Waals surface area contributed by atoms with Gasteiger partial charge >= 0.3 is 0 Å². The van der Waals surface area contributed by atoms with Crippen LogP contribution in [0.25, 0.3) is 11.1 Å². The molecule has 164 valence electrons. The summed E-state index contributed by atoms with van der Waals surface area (Å²) in [6.07, 6.45) is 0.971. The molecule has 2 aromatic carbocycles. The monoisotopic (exact) mass is 444 g/mol. The zero-order valence-electron chi connectivity index (χ0n) is 17.5. The summed E-state index contributed by atoms with van der Waals surface area (Å²) in [5.74, 6) is 1.62. The minimum absolute atomic E-state index is 0. The van der Waals surface area contributed by atoms with Gasteiger partial charge in [-0.25, -0.2) is 9.82 Å². The smallest absolute Gasteiger partial charge is 0.262 e. The van der Waals surface area contributed by atoms with Crippen LogP contribution in [0.1, 0.15) is 31.7 Å². The van der Waals surface area contributed by atoms with E-state index in [2.05, 4.69) is 28.8 Å². The van der Waals surface area contributed by atoms with Crippen LogP contribution in [0.4, 0.5) is 10.1 Å². The van der Waals surface area contributed by atoms with E-state index in [4.69, 9.17) is 4.74 Å². The number of benzene rings is 2. The molecule has 2 aromatic rings. The summed E-state index contributed by atoms with van der Waals surface area (Å²) in [4.78, 5) is 14.2. The number of hydrogen-bond donors (Lipinski definition) is 2. The number of nitrogens with zero attached hydrogens (tertiary/aromatic N) is 2. The van der Waals surface area contributed by atoms with Gasteiger partial charge in [0.05, 0.1) is 5.69 Å². The van der Waals surface area contributed by atoms with Gasteiger partial charge < -0.3 is 15.0 Å². The third-order valence-corrected chi connectivity index (χ3v) is 6.44. The summed E-state index contributed by atoms with van der Waals surface area (Å²) < 4.78 is 20.8. The Morgan fingerprint density at radius 3 is 2.77 bits per heavy atom. The Bertz CT molecular complexity index is 1040. The number of fused-ring (bicyclic) bond motifs is 3. The number of piperidine rings is 1. The number of rotatable bonds is 2. The predicted octanol–water partition coefficient (Wildman–Crippen LogP) is 3.66. The molecule has 0 bridgehead atoms. The number of amidine groups is 1. The molecular formula is C23H26ClFN4O2. The predicted molar refractivity (Wildman–Crippen MR) is 121 cm³/mol. The topological polar surface area (TPSA) is 66.0 Å². The molecular weight excluding hydrogens is 419 g/mol. The fourth-order valence-electron chi connectivity index (χ4n) is 4.78. The van der Waals surface area contributed by atoms with Gasteiger partial charge in [0.25, 0.3) is 5.91 Å². The molecule has 0 aromatic heterocycles. The fraction of sp³-hybridized carbons (Fsp3) is 0.391. The van der Waals surface area contributed by atoms with Gasteiger partial charge in [-0.2, -0.15) is 5.10 Å². The molecule has 0 unspecified atom stereocenters. The van der Waals surface area contributed by atoms with Gasteiger partial charge in [-0.15, -0.1) is 12.4 Å². The zero-order chi connectivity index (χ0) is 20.8. The average molecular weight is 445 g/mol. The summed E-state index contributed by atoms with van der Waals surface area (Å²) in [6, 6.07) is 10.5. The van der Waals surface area contributed by atoms with Crippen LogP contribution in [-0.2, 0) is 4.79 Å². The Balaban J connectivity index is 0.00000231.